The molecule has 1 aromatic carbocycles. The van der Waals surface area contributed by atoms with E-state index in [9.17, 15) is 5.11 Å². The first-order valence-electron chi connectivity index (χ1n) is 5.17. The lowest BCUT2D eigenvalue weighted by molar-refractivity contribution is 0.178. The van der Waals surface area contributed by atoms with Gasteiger partial charge in [0.15, 0.2) is 0 Å². The molecular weight excluding hydrogens is 259 g/mol. The zero-order chi connectivity index (χ0) is 12.4. The van der Waals surface area contributed by atoms with Gasteiger partial charge in [-0.25, -0.2) is 0 Å². The Morgan fingerprint density at radius 3 is 2.71 bits per heavy atom. The molecule has 0 bridgehead atoms. The van der Waals surface area contributed by atoms with Crippen LogP contribution in [0.1, 0.15) is 17.2 Å². The van der Waals surface area contributed by atoms with E-state index in [1.165, 1.54) is 0 Å². The standard InChI is InChI=1S/C12H12Cl2N2O/c1-16-7-9(6-15-16)12(17)5-8-2-3-10(13)11(14)4-8/h2-4,6-7,12,17H,5H2,1H3. The average molecular weight is 271 g/mol. The smallest absolute Gasteiger partial charge is 0.0860 e. The predicted octanol–water partition coefficient (Wildman–Crippen LogP) is 3.00. The molecule has 0 aliphatic carbocycles. The van der Waals surface area contributed by atoms with Gasteiger partial charge in [0.2, 0.25) is 0 Å². The second-order valence-electron chi connectivity index (χ2n) is 3.92. The van der Waals surface area contributed by atoms with Gasteiger partial charge in [-0.1, -0.05) is 29.3 Å². The summed E-state index contributed by atoms with van der Waals surface area (Å²) in [5.41, 5.74) is 1.73. The molecule has 0 aliphatic heterocycles. The molecule has 1 aromatic heterocycles. The summed E-state index contributed by atoms with van der Waals surface area (Å²) in [6.07, 6.45) is 3.36. The number of hydrogen-bond acceptors (Lipinski definition) is 2. The predicted molar refractivity (Wildman–Crippen MR) is 68.3 cm³/mol. The zero-order valence-electron chi connectivity index (χ0n) is 9.27. The molecule has 0 saturated carbocycles. The van der Waals surface area contributed by atoms with Crippen LogP contribution in [0.5, 0.6) is 0 Å². The summed E-state index contributed by atoms with van der Waals surface area (Å²) >= 11 is 11.7. The van der Waals surface area contributed by atoms with Gasteiger partial charge in [0.1, 0.15) is 0 Å². The molecule has 0 aliphatic rings. The Hall–Kier alpha value is -1.03. The van der Waals surface area contributed by atoms with E-state index in [4.69, 9.17) is 23.2 Å². The number of aryl methyl sites for hydroxylation is 1. The van der Waals surface area contributed by atoms with Gasteiger partial charge in [0, 0.05) is 25.2 Å². The van der Waals surface area contributed by atoms with Gasteiger partial charge >= 0.3 is 0 Å². The van der Waals surface area contributed by atoms with Crippen molar-refractivity contribution in [3.8, 4) is 0 Å². The fraction of sp³-hybridized carbons (Fsp3) is 0.250. The number of hydrogen-bond donors (Lipinski definition) is 1. The maximum absolute atomic E-state index is 10.0. The number of aliphatic hydroxyl groups excluding tert-OH is 1. The highest BCUT2D eigenvalue weighted by Crippen LogP contribution is 2.25. The summed E-state index contributed by atoms with van der Waals surface area (Å²) in [5.74, 6) is 0. The Morgan fingerprint density at radius 1 is 1.35 bits per heavy atom. The quantitative estimate of drug-likeness (QED) is 0.931. The molecule has 0 saturated heterocycles. The molecule has 0 fully saturated rings. The summed E-state index contributed by atoms with van der Waals surface area (Å²) in [4.78, 5) is 0. The van der Waals surface area contributed by atoms with Gasteiger partial charge in [-0.15, -0.1) is 0 Å². The number of halogens is 2. The van der Waals surface area contributed by atoms with Crippen molar-refractivity contribution in [2.24, 2.45) is 7.05 Å². The summed E-state index contributed by atoms with van der Waals surface area (Å²) in [6.45, 7) is 0. The molecule has 3 nitrogen and oxygen atoms in total. The normalized spacial score (nSPS) is 12.7. The van der Waals surface area contributed by atoms with Crippen LogP contribution in [0, 0.1) is 0 Å². The monoisotopic (exact) mass is 270 g/mol. The van der Waals surface area contributed by atoms with Gasteiger partial charge in [-0.2, -0.15) is 5.10 Å². The van der Waals surface area contributed by atoms with Crippen LogP contribution in [0.15, 0.2) is 30.6 Å². The fourth-order valence-corrected chi connectivity index (χ4v) is 1.94. The highest BCUT2D eigenvalue weighted by molar-refractivity contribution is 6.42. The van der Waals surface area contributed by atoms with Crippen molar-refractivity contribution in [2.75, 3.05) is 0 Å². The number of nitrogens with zero attached hydrogens (tertiary/aromatic N) is 2. The van der Waals surface area contributed by atoms with E-state index in [0.717, 1.165) is 11.1 Å². The first-order valence-corrected chi connectivity index (χ1v) is 5.92. The lowest BCUT2D eigenvalue weighted by Gasteiger charge is -2.09. The second-order valence-corrected chi connectivity index (χ2v) is 4.73. The minimum absolute atomic E-state index is 0.489. The Morgan fingerprint density at radius 2 is 2.12 bits per heavy atom. The van der Waals surface area contributed by atoms with E-state index in [1.807, 2.05) is 13.1 Å². The van der Waals surface area contributed by atoms with E-state index < -0.39 is 6.10 Å². The van der Waals surface area contributed by atoms with E-state index in [2.05, 4.69) is 5.10 Å². The maximum Gasteiger partial charge on any atom is 0.0860 e. The maximum atomic E-state index is 10.0. The van der Waals surface area contributed by atoms with Crippen LogP contribution in [0.2, 0.25) is 10.0 Å². The van der Waals surface area contributed by atoms with E-state index in [0.29, 0.717) is 16.5 Å². The van der Waals surface area contributed by atoms with Crippen molar-refractivity contribution in [3.05, 3.63) is 51.8 Å². The van der Waals surface area contributed by atoms with Gasteiger partial charge < -0.3 is 5.11 Å². The fourth-order valence-electron chi connectivity index (χ4n) is 1.62. The minimum Gasteiger partial charge on any atom is -0.388 e. The Balaban J connectivity index is 2.12. The van der Waals surface area contributed by atoms with Crippen LogP contribution in [0.4, 0.5) is 0 Å². The van der Waals surface area contributed by atoms with Crippen LogP contribution in [-0.4, -0.2) is 14.9 Å². The van der Waals surface area contributed by atoms with Crippen LogP contribution in [0.25, 0.3) is 0 Å². The zero-order valence-corrected chi connectivity index (χ0v) is 10.8. The van der Waals surface area contributed by atoms with Crippen LogP contribution in [0.3, 0.4) is 0 Å². The third kappa shape index (κ3) is 3.00. The molecule has 90 valence electrons. The average Bonchev–Trinajstić information content (AvgIpc) is 2.70. The topological polar surface area (TPSA) is 38.0 Å². The molecule has 2 rings (SSSR count). The first kappa shape index (κ1) is 12.4. The largest absolute Gasteiger partial charge is 0.388 e. The van der Waals surface area contributed by atoms with Crippen molar-refractivity contribution in [1.82, 2.24) is 9.78 Å². The summed E-state index contributed by atoms with van der Waals surface area (Å²) in [7, 11) is 1.81. The molecule has 1 unspecified atom stereocenters. The Kier molecular flexibility index (Phi) is 3.72. The SMILES string of the molecule is Cn1cc(C(O)Cc2ccc(Cl)c(Cl)c2)cn1. The lowest BCUT2D eigenvalue weighted by atomic mass is 10.0. The molecule has 1 atom stereocenters. The minimum atomic E-state index is -0.582. The van der Waals surface area contributed by atoms with Crippen molar-refractivity contribution >= 4 is 23.2 Å². The summed E-state index contributed by atoms with van der Waals surface area (Å²) in [5, 5.41) is 15.1. The highest BCUT2D eigenvalue weighted by Gasteiger charge is 2.11. The number of benzene rings is 1. The van der Waals surface area contributed by atoms with Crippen molar-refractivity contribution in [3.63, 3.8) is 0 Å². The molecule has 17 heavy (non-hydrogen) atoms. The van der Waals surface area contributed by atoms with Gasteiger partial charge in [0.05, 0.1) is 22.3 Å². The van der Waals surface area contributed by atoms with E-state index in [-0.39, 0.29) is 0 Å². The van der Waals surface area contributed by atoms with Gasteiger partial charge in [0.25, 0.3) is 0 Å². The number of aromatic nitrogens is 2. The number of aliphatic hydroxyl groups is 1. The molecule has 1 heterocycles. The van der Waals surface area contributed by atoms with E-state index in [1.54, 1.807) is 29.2 Å². The Bertz CT molecular complexity index is 525. The molecular formula is C12H12Cl2N2O. The van der Waals surface area contributed by atoms with Crippen molar-refractivity contribution in [2.45, 2.75) is 12.5 Å². The van der Waals surface area contributed by atoms with E-state index >= 15 is 0 Å². The first-order chi connectivity index (χ1) is 8.06. The highest BCUT2D eigenvalue weighted by atomic mass is 35.5. The van der Waals surface area contributed by atoms with Crippen molar-refractivity contribution in [1.29, 1.82) is 0 Å². The molecule has 2 aromatic rings. The van der Waals surface area contributed by atoms with Crippen LogP contribution in [-0.2, 0) is 13.5 Å². The lowest BCUT2D eigenvalue weighted by Crippen LogP contribution is -2.00. The molecule has 0 radical (unpaired) electrons. The Labute approximate surface area is 110 Å². The van der Waals surface area contributed by atoms with Crippen LogP contribution >= 0.6 is 23.2 Å². The number of rotatable bonds is 3. The third-order valence-electron chi connectivity index (χ3n) is 2.52. The molecule has 0 amide bonds. The summed E-state index contributed by atoms with van der Waals surface area (Å²) in [6, 6.07) is 5.35. The third-order valence-corrected chi connectivity index (χ3v) is 3.26. The molecule has 0 spiro atoms. The van der Waals surface area contributed by atoms with Crippen LogP contribution < -0.4 is 0 Å². The molecule has 5 heteroatoms. The van der Waals surface area contributed by atoms with Gasteiger partial charge in [-0.05, 0) is 17.7 Å². The van der Waals surface area contributed by atoms with Gasteiger partial charge in [-0.3, -0.25) is 4.68 Å². The van der Waals surface area contributed by atoms with Crippen molar-refractivity contribution < 1.29 is 5.11 Å². The molecule has 1 N–H and O–H groups in total. The summed E-state index contributed by atoms with van der Waals surface area (Å²) < 4.78 is 1.66. The second kappa shape index (κ2) is 5.08.